The highest BCUT2D eigenvalue weighted by Crippen LogP contribution is 2.34. The number of carbonyl (C=O) groups excluding carboxylic acids is 1. The van der Waals surface area contributed by atoms with Gasteiger partial charge in [0.1, 0.15) is 12.4 Å². The zero-order valence-electron chi connectivity index (χ0n) is 10.5. The Kier molecular flexibility index (Phi) is 5.15. The lowest BCUT2D eigenvalue weighted by Crippen LogP contribution is -2.27. The van der Waals surface area contributed by atoms with Crippen molar-refractivity contribution in [1.82, 2.24) is 5.32 Å². The van der Waals surface area contributed by atoms with Gasteiger partial charge in [0.2, 0.25) is 12.7 Å². The maximum atomic E-state index is 11.3. The number of fused-ring (bicyclic) bond motifs is 1. The van der Waals surface area contributed by atoms with Crippen LogP contribution in [0.4, 0.5) is 0 Å². The number of hydrogen-bond donors (Lipinski definition) is 1. The van der Waals surface area contributed by atoms with E-state index in [1.807, 2.05) is 6.07 Å². The van der Waals surface area contributed by atoms with Gasteiger partial charge >= 0.3 is 0 Å². The Morgan fingerprint density at radius 2 is 2.21 bits per heavy atom. The Labute approximate surface area is 116 Å². The molecule has 1 N–H and O–H groups in total. The van der Waals surface area contributed by atoms with E-state index in [4.69, 9.17) is 25.8 Å². The summed E-state index contributed by atoms with van der Waals surface area (Å²) in [5.74, 6) is 2.60. The van der Waals surface area contributed by atoms with E-state index < -0.39 is 0 Å². The van der Waals surface area contributed by atoms with E-state index in [9.17, 15) is 4.79 Å². The summed E-state index contributed by atoms with van der Waals surface area (Å²) in [6, 6.07) is 5.39. The zero-order valence-corrected chi connectivity index (χ0v) is 11.2. The van der Waals surface area contributed by atoms with Gasteiger partial charge in [0, 0.05) is 18.4 Å². The summed E-state index contributed by atoms with van der Waals surface area (Å²) in [6.07, 6.45) is 1.14. The summed E-state index contributed by atoms with van der Waals surface area (Å²) >= 11 is 5.51. The number of amides is 1. The number of rotatable bonds is 7. The third kappa shape index (κ3) is 4.21. The molecule has 1 aromatic carbocycles. The van der Waals surface area contributed by atoms with Crippen LogP contribution in [0.1, 0.15) is 12.8 Å². The molecular weight excluding hydrogens is 270 g/mol. The van der Waals surface area contributed by atoms with E-state index in [-0.39, 0.29) is 12.7 Å². The fraction of sp³-hybridized carbons (Fsp3) is 0.462. The number of halogens is 1. The Hall–Kier alpha value is -1.62. The van der Waals surface area contributed by atoms with Crippen LogP contribution in [0.5, 0.6) is 17.2 Å². The molecule has 0 saturated carbocycles. The minimum absolute atomic E-state index is 0.00469. The van der Waals surface area contributed by atoms with Gasteiger partial charge in [0.25, 0.3) is 0 Å². The van der Waals surface area contributed by atoms with Gasteiger partial charge in [-0.05, 0) is 18.6 Å². The molecule has 104 valence electrons. The summed E-state index contributed by atoms with van der Waals surface area (Å²) in [6.45, 7) is 1.12. The standard InChI is InChI=1S/C13H16ClNO4/c14-5-1-2-13(16)15-6-7-17-10-3-4-11-12(8-10)19-9-18-11/h3-4,8H,1-2,5-7,9H2,(H,15,16). The Morgan fingerprint density at radius 3 is 3.05 bits per heavy atom. The van der Waals surface area contributed by atoms with Crippen molar-refractivity contribution in [1.29, 1.82) is 0 Å². The van der Waals surface area contributed by atoms with Gasteiger partial charge in [-0.3, -0.25) is 4.79 Å². The Bertz CT molecular complexity index is 439. The molecule has 0 spiro atoms. The van der Waals surface area contributed by atoms with Crippen molar-refractivity contribution in [2.75, 3.05) is 25.8 Å². The predicted molar refractivity (Wildman–Crippen MR) is 71.0 cm³/mol. The molecule has 0 atom stereocenters. The van der Waals surface area contributed by atoms with Gasteiger partial charge in [-0.15, -0.1) is 11.6 Å². The van der Waals surface area contributed by atoms with Crippen molar-refractivity contribution in [3.8, 4) is 17.2 Å². The topological polar surface area (TPSA) is 56.8 Å². The molecule has 19 heavy (non-hydrogen) atoms. The van der Waals surface area contributed by atoms with Crippen LogP contribution in [0.3, 0.4) is 0 Å². The van der Waals surface area contributed by atoms with E-state index in [0.717, 1.165) is 5.75 Å². The van der Waals surface area contributed by atoms with Gasteiger partial charge in [0.05, 0.1) is 6.54 Å². The van der Waals surface area contributed by atoms with Crippen molar-refractivity contribution < 1.29 is 19.0 Å². The molecular formula is C13H16ClNO4. The molecule has 0 saturated heterocycles. The summed E-state index contributed by atoms with van der Waals surface area (Å²) in [5, 5.41) is 2.76. The highest BCUT2D eigenvalue weighted by molar-refractivity contribution is 6.17. The number of carbonyl (C=O) groups is 1. The lowest BCUT2D eigenvalue weighted by Gasteiger charge is -2.08. The first kappa shape index (κ1) is 13.8. The fourth-order valence-electron chi connectivity index (χ4n) is 1.64. The second-order valence-corrected chi connectivity index (χ2v) is 4.38. The Balaban J connectivity index is 1.67. The summed E-state index contributed by atoms with van der Waals surface area (Å²) in [7, 11) is 0. The number of benzene rings is 1. The third-order valence-corrected chi connectivity index (χ3v) is 2.84. The quantitative estimate of drug-likeness (QED) is 0.614. The SMILES string of the molecule is O=C(CCCCl)NCCOc1ccc2c(c1)OCO2. The molecule has 0 unspecified atom stereocenters. The van der Waals surface area contributed by atoms with Crippen LogP contribution < -0.4 is 19.5 Å². The molecule has 0 aliphatic carbocycles. The number of ether oxygens (including phenoxy) is 3. The second kappa shape index (κ2) is 7.09. The van der Waals surface area contributed by atoms with Crippen molar-refractivity contribution in [2.45, 2.75) is 12.8 Å². The zero-order chi connectivity index (χ0) is 13.5. The molecule has 1 amide bonds. The van der Waals surface area contributed by atoms with E-state index in [2.05, 4.69) is 5.32 Å². The summed E-state index contributed by atoms with van der Waals surface area (Å²) < 4.78 is 16.0. The summed E-state index contributed by atoms with van der Waals surface area (Å²) in [5.41, 5.74) is 0. The smallest absolute Gasteiger partial charge is 0.231 e. The van der Waals surface area contributed by atoms with Crippen molar-refractivity contribution in [2.24, 2.45) is 0 Å². The van der Waals surface area contributed by atoms with E-state index >= 15 is 0 Å². The number of nitrogens with one attached hydrogen (secondary N) is 1. The van der Waals surface area contributed by atoms with Crippen LogP contribution in [0, 0.1) is 0 Å². The van der Waals surface area contributed by atoms with E-state index in [1.54, 1.807) is 12.1 Å². The molecule has 1 aliphatic heterocycles. The number of hydrogen-bond acceptors (Lipinski definition) is 4. The maximum Gasteiger partial charge on any atom is 0.231 e. The summed E-state index contributed by atoms with van der Waals surface area (Å²) in [4.78, 5) is 11.3. The maximum absolute atomic E-state index is 11.3. The first-order valence-electron chi connectivity index (χ1n) is 6.14. The number of alkyl halides is 1. The van der Waals surface area contributed by atoms with Gasteiger partial charge in [0.15, 0.2) is 11.5 Å². The average molecular weight is 286 g/mol. The van der Waals surface area contributed by atoms with E-state index in [0.29, 0.717) is 43.4 Å². The Morgan fingerprint density at radius 1 is 1.37 bits per heavy atom. The molecule has 2 rings (SSSR count). The lowest BCUT2D eigenvalue weighted by atomic mass is 10.3. The van der Waals surface area contributed by atoms with Crippen LogP contribution in [0.15, 0.2) is 18.2 Å². The third-order valence-electron chi connectivity index (χ3n) is 2.57. The van der Waals surface area contributed by atoms with Crippen molar-refractivity contribution in [3.63, 3.8) is 0 Å². The largest absolute Gasteiger partial charge is 0.492 e. The molecule has 1 aliphatic rings. The second-order valence-electron chi connectivity index (χ2n) is 4.01. The highest BCUT2D eigenvalue weighted by Gasteiger charge is 2.13. The van der Waals surface area contributed by atoms with Crippen molar-refractivity contribution >= 4 is 17.5 Å². The average Bonchev–Trinajstić information content (AvgIpc) is 2.88. The molecule has 0 bridgehead atoms. The van der Waals surface area contributed by atoms with Crippen LogP contribution in [-0.4, -0.2) is 31.7 Å². The van der Waals surface area contributed by atoms with Crippen LogP contribution in [-0.2, 0) is 4.79 Å². The first-order chi connectivity index (χ1) is 9.29. The molecule has 0 radical (unpaired) electrons. The van der Waals surface area contributed by atoms with Gasteiger partial charge in [-0.2, -0.15) is 0 Å². The van der Waals surface area contributed by atoms with Gasteiger partial charge in [-0.1, -0.05) is 0 Å². The molecule has 6 heteroatoms. The van der Waals surface area contributed by atoms with Crippen LogP contribution >= 0.6 is 11.6 Å². The fourth-order valence-corrected chi connectivity index (χ4v) is 1.78. The van der Waals surface area contributed by atoms with Gasteiger partial charge < -0.3 is 19.5 Å². The predicted octanol–water partition coefficient (Wildman–Crippen LogP) is 1.93. The molecule has 0 aromatic heterocycles. The first-order valence-corrected chi connectivity index (χ1v) is 6.68. The minimum atomic E-state index is -0.00469. The van der Waals surface area contributed by atoms with Crippen molar-refractivity contribution in [3.05, 3.63) is 18.2 Å². The van der Waals surface area contributed by atoms with E-state index in [1.165, 1.54) is 0 Å². The lowest BCUT2D eigenvalue weighted by molar-refractivity contribution is -0.121. The van der Waals surface area contributed by atoms with Crippen LogP contribution in [0.25, 0.3) is 0 Å². The molecule has 0 fully saturated rings. The highest BCUT2D eigenvalue weighted by atomic mass is 35.5. The molecule has 1 heterocycles. The minimum Gasteiger partial charge on any atom is -0.492 e. The van der Waals surface area contributed by atoms with Gasteiger partial charge in [-0.25, -0.2) is 0 Å². The monoisotopic (exact) mass is 285 g/mol. The molecule has 1 aromatic rings. The molecule has 5 nitrogen and oxygen atoms in total. The van der Waals surface area contributed by atoms with Crippen LogP contribution in [0.2, 0.25) is 0 Å². The normalized spacial score (nSPS) is 12.3.